The Morgan fingerprint density at radius 2 is 1.08 bits per heavy atom. The molecule has 20 nitrogen and oxygen atoms in total. The van der Waals surface area contributed by atoms with Crippen LogP contribution in [0.3, 0.4) is 0 Å². The van der Waals surface area contributed by atoms with Gasteiger partial charge in [-0.25, -0.2) is 38.9 Å². The van der Waals surface area contributed by atoms with Crippen LogP contribution in [0.15, 0.2) is 71.5 Å². The number of benzene rings is 1. The summed E-state index contributed by atoms with van der Waals surface area (Å²) in [5.74, 6) is -2.00. The van der Waals surface area contributed by atoms with Crippen molar-refractivity contribution in [2.45, 2.75) is 33.2 Å². The number of rotatable bonds is 11. The lowest BCUT2D eigenvalue weighted by Crippen LogP contribution is -2.46. The Labute approximate surface area is 465 Å². The number of ketones is 1. The van der Waals surface area contributed by atoms with Crippen LogP contribution < -0.4 is 36.2 Å². The Bertz CT molecular complexity index is 3000. The lowest BCUT2D eigenvalue weighted by atomic mass is 10.1. The molecule has 3 aliphatic heterocycles. The maximum Gasteiger partial charge on any atom is 0.356 e. The molecule has 0 bridgehead atoms. The van der Waals surface area contributed by atoms with Crippen molar-refractivity contribution in [3.05, 3.63) is 138 Å². The number of carbonyl (C=O) groups excluding carboxylic acids is 4. The van der Waals surface area contributed by atoms with Crippen molar-refractivity contribution in [1.82, 2.24) is 50.8 Å². The van der Waals surface area contributed by atoms with Crippen LogP contribution in [-0.4, -0.2) is 158 Å². The Morgan fingerprint density at radius 1 is 0.610 bits per heavy atom. The fourth-order valence-electron chi connectivity index (χ4n) is 8.16. The summed E-state index contributed by atoms with van der Waals surface area (Å²) < 4.78 is 21.5. The van der Waals surface area contributed by atoms with Crippen LogP contribution in [0, 0.1) is 5.82 Å². The third-order valence-corrected chi connectivity index (χ3v) is 13.4. The predicted molar refractivity (Wildman–Crippen MR) is 297 cm³/mol. The molecule has 0 aliphatic carbocycles. The first-order chi connectivity index (χ1) is 37.1. The lowest BCUT2D eigenvalue weighted by molar-refractivity contribution is 0.0585. The number of carbonyl (C=O) groups is 4. The summed E-state index contributed by atoms with van der Waals surface area (Å²) in [4.78, 5) is 89.6. The Kier molecular flexibility index (Phi) is 22.6. The van der Waals surface area contributed by atoms with Crippen LogP contribution in [0.5, 0.6) is 0 Å². The molecular weight excluding hydrogens is 1080 g/mol. The molecule has 410 valence electrons. The van der Waals surface area contributed by atoms with Gasteiger partial charge in [-0.15, -0.1) is 0 Å². The van der Waals surface area contributed by atoms with Crippen molar-refractivity contribution in [1.29, 1.82) is 0 Å². The van der Waals surface area contributed by atoms with Crippen LogP contribution in [-0.2, 0) is 22.4 Å². The molecule has 1 amide bonds. The first kappa shape index (κ1) is 59.7. The molecular formula is C52H60Cl4FN13O7. The maximum atomic E-state index is 12.5. The zero-order valence-electron chi connectivity index (χ0n) is 43.2. The van der Waals surface area contributed by atoms with Crippen molar-refractivity contribution in [3.8, 4) is 0 Å². The van der Waals surface area contributed by atoms with Gasteiger partial charge in [-0.05, 0) is 72.6 Å². The molecule has 5 aromatic heterocycles. The molecule has 8 heterocycles. The molecule has 0 spiro atoms. The molecule has 6 aromatic rings. The molecule has 0 radical (unpaired) electrons. The minimum absolute atomic E-state index is 0.0103. The van der Waals surface area contributed by atoms with Gasteiger partial charge < -0.3 is 45.1 Å². The third kappa shape index (κ3) is 16.5. The number of methoxy groups -OCH3 is 2. The van der Waals surface area contributed by atoms with Crippen molar-refractivity contribution < 1.29 is 33.0 Å². The molecule has 3 aliphatic rings. The van der Waals surface area contributed by atoms with E-state index in [0.717, 1.165) is 125 Å². The maximum absolute atomic E-state index is 12.5. The number of piperazine rings is 3. The van der Waals surface area contributed by atoms with Gasteiger partial charge in [-0.1, -0.05) is 66.3 Å². The number of H-pyrrole nitrogens is 1. The number of amides is 1. The summed E-state index contributed by atoms with van der Waals surface area (Å²) in [7, 11) is 4.10. The fourth-order valence-corrected chi connectivity index (χ4v) is 9.13. The number of aromatic amines is 1. The van der Waals surface area contributed by atoms with Crippen molar-refractivity contribution in [2.24, 2.45) is 0 Å². The molecule has 9 rings (SSSR count). The van der Waals surface area contributed by atoms with E-state index in [0.29, 0.717) is 45.4 Å². The van der Waals surface area contributed by atoms with Crippen LogP contribution in [0.2, 0.25) is 20.6 Å². The number of pyridine rings is 4. The number of hydrogen-bond acceptors (Lipinski definition) is 18. The number of hydrogen-bond donors (Lipinski definition) is 4. The molecule has 25 heteroatoms. The fraction of sp³-hybridized carbons (Fsp3) is 0.385. The molecule has 0 atom stereocenters. The van der Waals surface area contributed by atoms with Gasteiger partial charge in [0.25, 0.3) is 11.5 Å². The van der Waals surface area contributed by atoms with E-state index in [-0.39, 0.29) is 33.8 Å². The normalized spacial score (nSPS) is 14.4. The first-order valence-electron chi connectivity index (χ1n) is 24.7. The average molecular weight is 1140 g/mol. The van der Waals surface area contributed by atoms with Gasteiger partial charge in [0.2, 0.25) is 0 Å². The highest BCUT2D eigenvalue weighted by Crippen LogP contribution is 2.28. The van der Waals surface area contributed by atoms with Crippen molar-refractivity contribution >= 4 is 98.1 Å². The minimum Gasteiger partial charge on any atom is -0.464 e. The van der Waals surface area contributed by atoms with E-state index < -0.39 is 17.8 Å². The highest BCUT2D eigenvalue weighted by Gasteiger charge is 2.22. The van der Waals surface area contributed by atoms with E-state index in [2.05, 4.69) is 81.0 Å². The SMILES string of the molecule is CCC(=O)c1ccc(N2CCNCC2)c(Cl)n1.CCc1nc2ccc(CN3CCN(c4ccc(C(=O)NC)nc4Cl)CC3)cc2[nH]c1=O.COC(=O)c1ccc(F)c(Cl)n1.COC(=O)c1ccc(N2CCNCC2)c(Cl)n1. The van der Waals surface area contributed by atoms with Crippen LogP contribution >= 0.6 is 46.4 Å². The summed E-state index contributed by atoms with van der Waals surface area (Å²) in [5, 5.41) is 9.87. The lowest BCUT2D eigenvalue weighted by Gasteiger charge is -2.36. The van der Waals surface area contributed by atoms with E-state index in [4.69, 9.17) is 46.4 Å². The van der Waals surface area contributed by atoms with Crippen molar-refractivity contribution in [3.63, 3.8) is 0 Å². The summed E-state index contributed by atoms with van der Waals surface area (Å²) in [5.41, 5.74) is 6.77. The molecule has 3 fully saturated rings. The molecule has 1 aromatic carbocycles. The van der Waals surface area contributed by atoms with E-state index >= 15 is 0 Å². The topological polar surface area (TPSA) is 233 Å². The van der Waals surface area contributed by atoms with E-state index in [9.17, 15) is 28.4 Å². The van der Waals surface area contributed by atoms with Gasteiger partial charge in [0.05, 0.1) is 42.3 Å². The van der Waals surface area contributed by atoms with Gasteiger partial charge in [-0.2, -0.15) is 0 Å². The average Bonchev–Trinajstić information content (AvgIpc) is 3.45. The molecule has 0 saturated carbocycles. The van der Waals surface area contributed by atoms with Gasteiger partial charge in [-0.3, -0.25) is 19.3 Å². The number of nitrogens with one attached hydrogen (secondary N) is 4. The number of fused-ring (bicyclic) bond motifs is 1. The van der Waals surface area contributed by atoms with Crippen LogP contribution in [0.1, 0.15) is 73.5 Å². The number of anilines is 3. The van der Waals surface area contributed by atoms with E-state index in [1.54, 1.807) is 25.2 Å². The zero-order chi connectivity index (χ0) is 55.6. The van der Waals surface area contributed by atoms with Crippen molar-refractivity contribution in [2.75, 3.05) is 115 Å². The molecule has 0 unspecified atom stereocenters. The number of Topliss-reactive ketones (excluding diaryl/α,β-unsaturated/α-hetero) is 1. The smallest absolute Gasteiger partial charge is 0.356 e. The number of ether oxygens (including phenoxy) is 2. The Morgan fingerprint density at radius 3 is 1.56 bits per heavy atom. The second kappa shape index (κ2) is 29.2. The van der Waals surface area contributed by atoms with Gasteiger partial charge in [0.15, 0.2) is 32.2 Å². The second-order valence-corrected chi connectivity index (χ2v) is 18.7. The quantitative estimate of drug-likeness (QED) is 0.0612. The highest BCUT2D eigenvalue weighted by molar-refractivity contribution is 6.33. The number of aryl methyl sites for hydroxylation is 1. The summed E-state index contributed by atoms with van der Waals surface area (Å²) in [6.07, 6.45) is 1.07. The van der Waals surface area contributed by atoms with E-state index in [1.807, 2.05) is 44.2 Å². The predicted octanol–water partition coefficient (Wildman–Crippen LogP) is 6.54. The standard InChI is InChI=1S/C22H25ClN6O2.C12H16ClN3O.C11H14ClN3O2.C7H5ClFNO2/c1-3-15-22(31)27-18-12-14(4-5-16(18)25-15)13-28-8-10-29(11-9-28)19-7-6-17(21(30)24-2)26-20(19)23;1-2-11(17)9-3-4-10(12(13)15-9)16-7-5-14-6-8-16;1-17-11(16)8-2-3-9(10(12)14-8)15-6-4-13-5-7-15;1-12-7(11)5-3-2-4(9)6(8)10-5/h4-7,12H,3,8-11,13H2,1-2H3,(H,24,30)(H,27,31);3-4,14H,2,5-8H2,1H3;2-3,13H,4-7H2,1H3;2-3H,1H3. The Hall–Kier alpha value is -6.59. The van der Waals surface area contributed by atoms with Crippen LogP contribution in [0.4, 0.5) is 21.5 Å². The first-order valence-corrected chi connectivity index (χ1v) is 26.2. The van der Waals surface area contributed by atoms with Gasteiger partial charge >= 0.3 is 11.9 Å². The molecule has 4 N–H and O–H groups in total. The number of halogens is 5. The molecule has 77 heavy (non-hydrogen) atoms. The summed E-state index contributed by atoms with van der Waals surface area (Å²) in [6, 6.07) is 18.9. The Balaban J connectivity index is 0.000000178. The monoisotopic (exact) mass is 1140 g/mol. The second-order valence-electron chi connectivity index (χ2n) is 17.3. The summed E-state index contributed by atoms with van der Waals surface area (Å²) >= 11 is 23.9. The number of nitrogens with zero attached hydrogens (tertiary/aromatic N) is 9. The number of aromatic nitrogens is 6. The highest BCUT2D eigenvalue weighted by atomic mass is 35.5. The largest absolute Gasteiger partial charge is 0.464 e. The zero-order valence-corrected chi connectivity index (χ0v) is 46.3. The van der Waals surface area contributed by atoms with E-state index in [1.165, 1.54) is 20.3 Å². The molecule has 3 saturated heterocycles. The number of esters is 2. The minimum atomic E-state index is -0.663. The van der Waals surface area contributed by atoms with Gasteiger partial charge in [0, 0.05) is 98.6 Å². The third-order valence-electron chi connectivity index (χ3n) is 12.3. The van der Waals surface area contributed by atoms with Crippen LogP contribution in [0.25, 0.3) is 11.0 Å². The summed E-state index contributed by atoms with van der Waals surface area (Å²) in [6.45, 7) is 15.3. The van der Waals surface area contributed by atoms with Gasteiger partial charge in [0.1, 0.15) is 28.5 Å².